The molecule has 0 radical (unpaired) electrons. The molecule has 0 aliphatic heterocycles. The van der Waals surface area contributed by atoms with Crippen LogP contribution in [0.5, 0.6) is 0 Å². The molecule has 0 aromatic carbocycles. The Morgan fingerprint density at radius 2 is 2.12 bits per heavy atom. The van der Waals surface area contributed by atoms with Gasteiger partial charge in [0.2, 0.25) is 0 Å². The second-order valence-corrected chi connectivity index (χ2v) is 4.40. The van der Waals surface area contributed by atoms with Crippen molar-refractivity contribution in [2.24, 2.45) is 10.9 Å². The first kappa shape index (κ1) is 14.1. The summed E-state index contributed by atoms with van der Waals surface area (Å²) in [5, 5.41) is 5.81. The number of hydrogen-bond donors (Lipinski definition) is 2. The van der Waals surface area contributed by atoms with E-state index in [-0.39, 0.29) is 6.54 Å². The summed E-state index contributed by atoms with van der Waals surface area (Å²) in [6, 6.07) is 0.382. The Labute approximate surface area is 99.9 Å². The predicted molar refractivity (Wildman–Crippen MR) is 62.0 cm³/mol. The lowest BCUT2D eigenvalue weighted by Gasteiger charge is -2.12. The summed E-state index contributed by atoms with van der Waals surface area (Å²) in [6.07, 6.45) is -1.55. The topological polar surface area (TPSA) is 36.4 Å². The first-order valence-corrected chi connectivity index (χ1v) is 6.00. The molecule has 1 aliphatic carbocycles. The van der Waals surface area contributed by atoms with Gasteiger partial charge in [0.15, 0.2) is 5.96 Å². The van der Waals surface area contributed by atoms with Crippen LogP contribution >= 0.6 is 0 Å². The molecular weight excluding hydrogens is 231 g/mol. The van der Waals surface area contributed by atoms with E-state index in [1.165, 1.54) is 0 Å². The quantitative estimate of drug-likeness (QED) is 0.581. The van der Waals surface area contributed by atoms with Gasteiger partial charge in [-0.1, -0.05) is 13.3 Å². The molecule has 0 aromatic heterocycles. The van der Waals surface area contributed by atoms with Gasteiger partial charge in [0.1, 0.15) is 0 Å². The van der Waals surface area contributed by atoms with E-state index in [0.29, 0.717) is 17.9 Å². The van der Waals surface area contributed by atoms with Crippen LogP contribution in [0.25, 0.3) is 0 Å². The maximum absolute atomic E-state index is 11.9. The fraction of sp³-hybridized carbons (Fsp3) is 0.909. The molecular formula is C11H20F3N3. The maximum atomic E-state index is 11.9. The van der Waals surface area contributed by atoms with Crippen LogP contribution in [-0.4, -0.2) is 31.8 Å². The minimum Gasteiger partial charge on any atom is -0.356 e. The largest absolute Gasteiger partial charge is 0.390 e. The Balaban J connectivity index is 2.18. The van der Waals surface area contributed by atoms with Gasteiger partial charge in [0.25, 0.3) is 0 Å². The number of nitrogens with one attached hydrogen (secondary N) is 2. The lowest BCUT2D eigenvalue weighted by molar-refractivity contribution is -0.132. The third-order valence-electron chi connectivity index (χ3n) is 2.83. The Morgan fingerprint density at radius 1 is 1.41 bits per heavy atom. The molecule has 1 fully saturated rings. The molecule has 1 saturated carbocycles. The molecule has 2 atom stereocenters. The van der Waals surface area contributed by atoms with Gasteiger partial charge in [-0.05, 0) is 18.8 Å². The zero-order valence-corrected chi connectivity index (χ0v) is 10.3. The highest BCUT2D eigenvalue weighted by molar-refractivity contribution is 5.80. The van der Waals surface area contributed by atoms with Crippen LogP contribution in [0, 0.1) is 5.92 Å². The molecule has 1 rings (SSSR count). The summed E-state index contributed by atoms with van der Waals surface area (Å²) in [5.74, 6) is 1.12. The molecule has 6 heteroatoms. The van der Waals surface area contributed by atoms with E-state index in [1.54, 1.807) is 7.05 Å². The smallest absolute Gasteiger partial charge is 0.356 e. The molecule has 2 N–H and O–H groups in total. The number of halogens is 3. The van der Waals surface area contributed by atoms with Crippen molar-refractivity contribution in [2.45, 2.75) is 44.8 Å². The van der Waals surface area contributed by atoms with Gasteiger partial charge < -0.3 is 10.6 Å². The zero-order valence-electron chi connectivity index (χ0n) is 10.3. The van der Waals surface area contributed by atoms with E-state index in [4.69, 9.17) is 0 Å². The highest BCUT2D eigenvalue weighted by atomic mass is 19.4. The van der Waals surface area contributed by atoms with Crippen molar-refractivity contribution >= 4 is 5.96 Å². The lowest BCUT2D eigenvalue weighted by Crippen LogP contribution is -2.40. The molecule has 0 aromatic rings. The zero-order chi connectivity index (χ0) is 12.9. The van der Waals surface area contributed by atoms with Gasteiger partial charge in [-0.15, -0.1) is 0 Å². The number of guanidine groups is 1. The van der Waals surface area contributed by atoms with Gasteiger partial charge in [-0.25, -0.2) is 0 Å². The Morgan fingerprint density at radius 3 is 2.65 bits per heavy atom. The molecule has 17 heavy (non-hydrogen) atoms. The average Bonchev–Trinajstić information content (AvgIpc) is 2.94. The summed E-state index contributed by atoms with van der Waals surface area (Å²) in [4.78, 5) is 3.91. The van der Waals surface area contributed by atoms with Crippen LogP contribution in [0.4, 0.5) is 13.2 Å². The molecule has 0 spiro atoms. The highest BCUT2D eigenvalue weighted by Crippen LogP contribution is 2.34. The van der Waals surface area contributed by atoms with Crippen LogP contribution < -0.4 is 10.6 Å². The molecule has 0 saturated heterocycles. The Hall–Kier alpha value is -0.940. The van der Waals surface area contributed by atoms with Crippen molar-refractivity contribution in [1.29, 1.82) is 0 Å². The fourth-order valence-electron chi connectivity index (χ4n) is 1.81. The first-order valence-electron chi connectivity index (χ1n) is 6.00. The maximum Gasteiger partial charge on any atom is 0.390 e. The lowest BCUT2D eigenvalue weighted by atomic mass is 10.2. The monoisotopic (exact) mass is 251 g/mol. The van der Waals surface area contributed by atoms with Crippen molar-refractivity contribution in [3.8, 4) is 0 Å². The SMILES string of the molecule is CCCC1CC1NC(=NC)NCCC(F)(F)F. The average molecular weight is 251 g/mol. The standard InChI is InChI=1S/C11H20F3N3/c1-3-4-8-7-9(8)17-10(15-2)16-6-5-11(12,13)14/h8-9H,3-7H2,1-2H3,(H2,15,16,17). The molecule has 1 aliphatic rings. The minimum absolute atomic E-state index is 0.131. The second-order valence-electron chi connectivity index (χ2n) is 4.40. The molecule has 0 bridgehead atoms. The van der Waals surface area contributed by atoms with Crippen molar-refractivity contribution in [1.82, 2.24) is 10.6 Å². The third kappa shape index (κ3) is 5.79. The van der Waals surface area contributed by atoms with Crippen molar-refractivity contribution in [3.63, 3.8) is 0 Å². The van der Waals surface area contributed by atoms with E-state index in [0.717, 1.165) is 19.3 Å². The summed E-state index contributed by atoms with van der Waals surface area (Å²) in [7, 11) is 1.57. The van der Waals surface area contributed by atoms with E-state index in [1.807, 2.05) is 0 Å². The summed E-state index contributed by atoms with van der Waals surface area (Å²) < 4.78 is 35.8. The summed E-state index contributed by atoms with van der Waals surface area (Å²) in [5.41, 5.74) is 0. The Bertz CT molecular complexity index is 263. The molecule has 2 unspecified atom stereocenters. The normalized spacial score (nSPS) is 24.6. The van der Waals surface area contributed by atoms with Crippen LogP contribution in [-0.2, 0) is 0 Å². The van der Waals surface area contributed by atoms with Crippen molar-refractivity contribution in [3.05, 3.63) is 0 Å². The van der Waals surface area contributed by atoms with Crippen molar-refractivity contribution < 1.29 is 13.2 Å². The van der Waals surface area contributed by atoms with Crippen molar-refractivity contribution in [2.75, 3.05) is 13.6 Å². The number of hydrogen-bond acceptors (Lipinski definition) is 1. The van der Waals surface area contributed by atoms with Gasteiger partial charge >= 0.3 is 6.18 Å². The van der Waals surface area contributed by atoms with E-state index >= 15 is 0 Å². The second kappa shape index (κ2) is 6.12. The van der Waals surface area contributed by atoms with E-state index in [9.17, 15) is 13.2 Å². The predicted octanol–water partition coefficient (Wildman–Crippen LogP) is 2.29. The fourth-order valence-corrected chi connectivity index (χ4v) is 1.81. The molecule has 0 heterocycles. The van der Waals surface area contributed by atoms with Crippen LogP contribution in [0.2, 0.25) is 0 Å². The molecule has 100 valence electrons. The highest BCUT2D eigenvalue weighted by Gasteiger charge is 2.36. The van der Waals surface area contributed by atoms with Gasteiger partial charge in [0.05, 0.1) is 6.42 Å². The number of alkyl halides is 3. The molecule has 0 amide bonds. The minimum atomic E-state index is -4.11. The number of rotatable bonds is 5. The summed E-state index contributed by atoms with van der Waals surface area (Å²) >= 11 is 0. The van der Waals surface area contributed by atoms with Gasteiger partial charge in [-0.2, -0.15) is 13.2 Å². The third-order valence-corrected chi connectivity index (χ3v) is 2.83. The van der Waals surface area contributed by atoms with Crippen LogP contribution in [0.3, 0.4) is 0 Å². The number of nitrogens with zero attached hydrogens (tertiary/aromatic N) is 1. The number of aliphatic imine (C=N–C) groups is 1. The van der Waals surface area contributed by atoms with Gasteiger partial charge in [-0.3, -0.25) is 4.99 Å². The first-order chi connectivity index (χ1) is 7.96. The van der Waals surface area contributed by atoms with Crippen LogP contribution in [0.15, 0.2) is 4.99 Å². The van der Waals surface area contributed by atoms with E-state index < -0.39 is 12.6 Å². The molecule has 3 nitrogen and oxygen atoms in total. The summed E-state index contributed by atoms with van der Waals surface area (Å²) in [6.45, 7) is 2.00. The van der Waals surface area contributed by atoms with E-state index in [2.05, 4.69) is 22.5 Å². The van der Waals surface area contributed by atoms with Gasteiger partial charge in [0, 0.05) is 19.6 Å². The van der Waals surface area contributed by atoms with Crippen LogP contribution in [0.1, 0.15) is 32.6 Å². The Kier molecular flexibility index (Phi) is 5.08.